The first kappa shape index (κ1) is 16.6. The van der Waals surface area contributed by atoms with Crippen LogP contribution in [0.25, 0.3) is 5.82 Å². The molecule has 1 amide bonds. The third-order valence-electron chi connectivity index (χ3n) is 4.52. The summed E-state index contributed by atoms with van der Waals surface area (Å²) in [4.78, 5) is 19.1. The van der Waals surface area contributed by atoms with Crippen LogP contribution in [-0.4, -0.2) is 52.3 Å². The normalized spacial score (nSPS) is 18.0. The van der Waals surface area contributed by atoms with Crippen molar-refractivity contribution in [2.24, 2.45) is 5.92 Å². The molecule has 128 valence electrons. The average Bonchev–Trinajstić information content (AvgIpc) is 2.93. The van der Waals surface area contributed by atoms with Crippen molar-refractivity contribution in [1.82, 2.24) is 25.0 Å². The van der Waals surface area contributed by atoms with Crippen LogP contribution in [0.2, 0.25) is 0 Å². The van der Waals surface area contributed by atoms with Gasteiger partial charge in [-0.15, -0.1) is 0 Å². The molecule has 1 N–H and O–H groups in total. The Hall–Kier alpha value is -2.21. The van der Waals surface area contributed by atoms with E-state index in [1.54, 1.807) is 10.9 Å². The van der Waals surface area contributed by atoms with Crippen LogP contribution in [0.1, 0.15) is 34.6 Å². The summed E-state index contributed by atoms with van der Waals surface area (Å²) in [7, 11) is 1.96. The molecule has 1 aliphatic rings. The maximum atomic E-state index is 12.7. The van der Waals surface area contributed by atoms with Crippen molar-refractivity contribution in [1.29, 1.82) is 0 Å². The van der Waals surface area contributed by atoms with Crippen molar-refractivity contribution in [3.63, 3.8) is 0 Å². The minimum absolute atomic E-state index is 0.0724. The lowest BCUT2D eigenvalue weighted by molar-refractivity contribution is 0.0674. The number of aromatic nitrogens is 3. The highest BCUT2D eigenvalue weighted by molar-refractivity contribution is 5.94. The number of likely N-dealkylation sites (tertiary alicyclic amines) is 1. The number of carbonyl (C=O) groups excluding carboxylic acids is 1. The smallest absolute Gasteiger partial charge is 0.255 e. The van der Waals surface area contributed by atoms with Crippen molar-refractivity contribution >= 4 is 5.91 Å². The monoisotopic (exact) mass is 327 g/mol. The van der Waals surface area contributed by atoms with Gasteiger partial charge in [0.05, 0.1) is 11.3 Å². The van der Waals surface area contributed by atoms with Crippen molar-refractivity contribution in [2.45, 2.75) is 26.7 Å². The molecule has 0 aromatic carbocycles. The Bertz CT molecular complexity index is 705. The van der Waals surface area contributed by atoms with Crippen LogP contribution in [0.5, 0.6) is 0 Å². The highest BCUT2D eigenvalue weighted by Gasteiger charge is 2.24. The molecular weight excluding hydrogens is 302 g/mol. The summed E-state index contributed by atoms with van der Waals surface area (Å²) in [6.45, 7) is 6.56. The Kier molecular flexibility index (Phi) is 4.94. The number of hydrogen-bond acceptors (Lipinski definition) is 4. The molecule has 1 saturated heterocycles. The summed E-state index contributed by atoms with van der Waals surface area (Å²) in [6, 6.07) is 5.72. The van der Waals surface area contributed by atoms with E-state index in [-0.39, 0.29) is 5.91 Å². The molecule has 1 fully saturated rings. The molecule has 0 bridgehead atoms. The topological polar surface area (TPSA) is 63.1 Å². The third kappa shape index (κ3) is 3.48. The van der Waals surface area contributed by atoms with Gasteiger partial charge in [0.1, 0.15) is 0 Å². The molecule has 3 rings (SSSR count). The summed E-state index contributed by atoms with van der Waals surface area (Å²) in [6.07, 6.45) is 3.91. The number of nitrogens with zero attached hydrogens (tertiary/aromatic N) is 4. The molecule has 0 spiro atoms. The van der Waals surface area contributed by atoms with Crippen LogP contribution in [0, 0.1) is 19.8 Å². The lowest BCUT2D eigenvalue weighted by atomic mass is 9.97. The van der Waals surface area contributed by atoms with Gasteiger partial charge in [0.25, 0.3) is 5.91 Å². The van der Waals surface area contributed by atoms with Crippen LogP contribution in [0.4, 0.5) is 0 Å². The van der Waals surface area contributed by atoms with E-state index in [1.165, 1.54) is 6.42 Å². The quantitative estimate of drug-likeness (QED) is 0.932. The van der Waals surface area contributed by atoms with E-state index in [1.807, 2.05) is 44.0 Å². The molecule has 2 aromatic rings. The maximum absolute atomic E-state index is 12.7. The van der Waals surface area contributed by atoms with Crippen molar-refractivity contribution in [3.05, 3.63) is 41.3 Å². The first-order valence-corrected chi connectivity index (χ1v) is 8.52. The van der Waals surface area contributed by atoms with Crippen molar-refractivity contribution < 1.29 is 4.79 Å². The lowest BCUT2D eigenvalue weighted by Crippen LogP contribution is -2.42. The number of aryl methyl sites for hydroxylation is 2. The van der Waals surface area contributed by atoms with E-state index >= 15 is 0 Å². The number of hydrogen-bond donors (Lipinski definition) is 1. The third-order valence-corrected chi connectivity index (χ3v) is 4.52. The molecule has 6 heteroatoms. The number of carbonyl (C=O) groups is 1. The van der Waals surface area contributed by atoms with Crippen LogP contribution < -0.4 is 5.32 Å². The van der Waals surface area contributed by atoms with Crippen molar-refractivity contribution in [2.75, 3.05) is 26.7 Å². The zero-order valence-corrected chi connectivity index (χ0v) is 14.6. The second-order valence-corrected chi connectivity index (χ2v) is 6.56. The van der Waals surface area contributed by atoms with Gasteiger partial charge in [-0.25, -0.2) is 9.67 Å². The van der Waals surface area contributed by atoms with Gasteiger partial charge in [0, 0.05) is 25.0 Å². The van der Waals surface area contributed by atoms with Crippen LogP contribution >= 0.6 is 0 Å². The Morgan fingerprint density at radius 1 is 1.38 bits per heavy atom. The summed E-state index contributed by atoms with van der Waals surface area (Å²) in [5, 5.41) is 7.64. The molecule has 0 radical (unpaired) electrons. The number of rotatable bonds is 4. The Morgan fingerprint density at radius 2 is 2.21 bits per heavy atom. The number of amides is 1. The van der Waals surface area contributed by atoms with Gasteiger partial charge in [0.2, 0.25) is 0 Å². The summed E-state index contributed by atoms with van der Waals surface area (Å²) in [5.41, 5.74) is 2.63. The first-order valence-electron chi connectivity index (χ1n) is 8.52. The van der Waals surface area contributed by atoms with Crippen molar-refractivity contribution in [3.8, 4) is 5.82 Å². The molecule has 1 aliphatic heterocycles. The van der Waals surface area contributed by atoms with E-state index < -0.39 is 0 Å². The van der Waals surface area contributed by atoms with E-state index in [9.17, 15) is 4.79 Å². The fourth-order valence-corrected chi connectivity index (χ4v) is 3.39. The second kappa shape index (κ2) is 7.13. The fourth-order valence-electron chi connectivity index (χ4n) is 3.39. The molecule has 0 aliphatic carbocycles. The number of nitrogens with one attached hydrogen (secondary N) is 1. The molecule has 1 unspecified atom stereocenters. The number of piperidine rings is 1. The highest BCUT2D eigenvalue weighted by Crippen LogP contribution is 2.18. The minimum atomic E-state index is 0.0724. The van der Waals surface area contributed by atoms with Gasteiger partial charge in [-0.1, -0.05) is 0 Å². The Labute approximate surface area is 142 Å². The van der Waals surface area contributed by atoms with Gasteiger partial charge >= 0.3 is 0 Å². The predicted molar refractivity (Wildman–Crippen MR) is 93.4 cm³/mol. The number of pyridine rings is 1. The van der Waals surface area contributed by atoms with E-state index in [2.05, 4.69) is 15.4 Å². The van der Waals surface area contributed by atoms with Crippen LogP contribution in [0.3, 0.4) is 0 Å². The van der Waals surface area contributed by atoms with E-state index in [0.717, 1.165) is 43.3 Å². The molecule has 6 nitrogen and oxygen atoms in total. The van der Waals surface area contributed by atoms with Gasteiger partial charge < -0.3 is 10.2 Å². The standard InChI is InChI=1S/C18H25N5O/c1-13-9-14(2)23(21-13)17-7-6-16(11-20-17)18(24)22-8-4-5-15(12-22)10-19-3/h6-7,9,11,15,19H,4-5,8,10,12H2,1-3H3. The second-order valence-electron chi connectivity index (χ2n) is 6.56. The van der Waals surface area contributed by atoms with Gasteiger partial charge in [-0.2, -0.15) is 5.10 Å². The highest BCUT2D eigenvalue weighted by atomic mass is 16.2. The van der Waals surface area contributed by atoms with Crippen LogP contribution in [0.15, 0.2) is 24.4 Å². The van der Waals surface area contributed by atoms with Gasteiger partial charge in [-0.05, 0) is 64.4 Å². The first-order chi connectivity index (χ1) is 11.6. The van der Waals surface area contributed by atoms with Gasteiger partial charge in [-0.3, -0.25) is 4.79 Å². The average molecular weight is 327 g/mol. The molecule has 3 heterocycles. The van der Waals surface area contributed by atoms with Crippen LogP contribution in [-0.2, 0) is 0 Å². The Morgan fingerprint density at radius 3 is 2.83 bits per heavy atom. The zero-order chi connectivity index (χ0) is 17.1. The Balaban J connectivity index is 1.73. The maximum Gasteiger partial charge on any atom is 0.255 e. The molecule has 1 atom stereocenters. The molecule has 0 saturated carbocycles. The fraction of sp³-hybridized carbons (Fsp3) is 0.500. The molecule has 24 heavy (non-hydrogen) atoms. The summed E-state index contributed by atoms with van der Waals surface area (Å²) < 4.78 is 1.80. The van der Waals surface area contributed by atoms with E-state index in [4.69, 9.17) is 0 Å². The molecular formula is C18H25N5O. The van der Waals surface area contributed by atoms with Gasteiger partial charge in [0.15, 0.2) is 5.82 Å². The summed E-state index contributed by atoms with van der Waals surface area (Å²) in [5.74, 6) is 1.35. The predicted octanol–water partition coefficient (Wildman–Crippen LogP) is 1.96. The lowest BCUT2D eigenvalue weighted by Gasteiger charge is -2.32. The zero-order valence-electron chi connectivity index (χ0n) is 14.6. The largest absolute Gasteiger partial charge is 0.338 e. The van der Waals surface area contributed by atoms with E-state index in [0.29, 0.717) is 11.5 Å². The SMILES string of the molecule is CNCC1CCCN(C(=O)c2ccc(-n3nc(C)cc3C)nc2)C1. The minimum Gasteiger partial charge on any atom is -0.338 e. The molecule has 2 aromatic heterocycles. The summed E-state index contributed by atoms with van der Waals surface area (Å²) >= 11 is 0.